The molecule has 37 heavy (non-hydrogen) atoms. The first kappa shape index (κ1) is 29.1. The maximum absolute atomic E-state index is 14.5. The minimum atomic E-state index is -6.21. The lowest BCUT2D eigenvalue weighted by Gasteiger charge is -2.38. The molecule has 8 nitrogen and oxygen atoms in total. The number of ether oxygens (including phenoxy) is 2. The van der Waals surface area contributed by atoms with Crippen molar-refractivity contribution in [2.75, 3.05) is 13.2 Å². The minimum absolute atomic E-state index is 0.0325. The van der Waals surface area contributed by atoms with Gasteiger partial charge in [0, 0.05) is 0 Å². The molecule has 2 N–H and O–H groups in total. The maximum Gasteiger partial charge on any atom is 0.411 e. The van der Waals surface area contributed by atoms with Crippen LogP contribution in [0.3, 0.4) is 0 Å². The molecule has 0 saturated carbocycles. The molecule has 0 amide bonds. The maximum atomic E-state index is 14.5. The second-order valence-electron chi connectivity index (χ2n) is 7.32. The highest BCUT2D eigenvalue weighted by atomic mass is 19.4. The summed E-state index contributed by atoms with van der Waals surface area (Å²) in [5.74, 6) is -6.64. The van der Waals surface area contributed by atoms with Gasteiger partial charge in [0.25, 0.3) is 0 Å². The van der Waals surface area contributed by atoms with Gasteiger partial charge < -0.3 is 19.7 Å². The van der Waals surface area contributed by atoms with E-state index < -0.39 is 75.0 Å². The van der Waals surface area contributed by atoms with Crippen molar-refractivity contribution in [3.05, 3.63) is 69.8 Å². The van der Waals surface area contributed by atoms with Crippen LogP contribution in [-0.4, -0.2) is 59.7 Å². The van der Waals surface area contributed by atoms with E-state index in [9.17, 15) is 55.7 Å². The fourth-order valence-corrected chi connectivity index (χ4v) is 3.67. The molecule has 0 radical (unpaired) electrons. The summed E-state index contributed by atoms with van der Waals surface area (Å²) in [7, 11) is 0. The molecule has 0 spiro atoms. The number of hydrogen-bond donors (Lipinski definition) is 2. The molecule has 0 fully saturated rings. The number of carboxylic acids is 2. The lowest BCUT2D eigenvalue weighted by molar-refractivity contribution is -0.288. The van der Waals surface area contributed by atoms with E-state index in [1.807, 2.05) is 0 Å². The first-order valence-electron chi connectivity index (χ1n) is 10.3. The van der Waals surface area contributed by atoms with Crippen LogP contribution in [0.2, 0.25) is 0 Å². The van der Waals surface area contributed by atoms with Gasteiger partial charge >= 0.3 is 36.2 Å². The highest BCUT2D eigenvalue weighted by Gasteiger charge is 2.72. The SMILES string of the molecule is CCOC(=O)c1ccc(C(c2ccc(C(=O)O)c(C(=O)OCC)c2)(C(F)(F)F)C(F)(F)F)cc1C(=O)O. The fraction of sp³-hybridized carbons (Fsp3) is 0.304. The summed E-state index contributed by atoms with van der Waals surface area (Å²) in [6.45, 7) is 1.98. The number of esters is 2. The summed E-state index contributed by atoms with van der Waals surface area (Å²) < 4.78 is 96.2. The first-order valence-corrected chi connectivity index (χ1v) is 10.3. The predicted octanol–water partition coefficient (Wildman–Crippen LogP) is 4.85. The summed E-state index contributed by atoms with van der Waals surface area (Å²) in [5, 5.41) is 18.7. The van der Waals surface area contributed by atoms with Gasteiger partial charge in [-0.05, 0) is 49.2 Å². The Balaban J connectivity index is 3.05. The Hall–Kier alpha value is -4.10. The number of halogens is 6. The molecule has 0 heterocycles. The van der Waals surface area contributed by atoms with Gasteiger partial charge in [-0.15, -0.1) is 0 Å². The minimum Gasteiger partial charge on any atom is -0.478 e. The van der Waals surface area contributed by atoms with Crippen LogP contribution in [-0.2, 0) is 14.9 Å². The summed E-state index contributed by atoms with van der Waals surface area (Å²) in [5.41, 5.74) is -12.3. The van der Waals surface area contributed by atoms with Crippen LogP contribution in [0.15, 0.2) is 36.4 Å². The number of carbonyl (C=O) groups excluding carboxylic acids is 2. The Morgan fingerprint density at radius 3 is 1.41 bits per heavy atom. The van der Waals surface area contributed by atoms with E-state index in [4.69, 9.17) is 0 Å². The third-order valence-corrected chi connectivity index (χ3v) is 5.21. The van der Waals surface area contributed by atoms with Crippen molar-refractivity contribution in [2.24, 2.45) is 0 Å². The van der Waals surface area contributed by atoms with Crippen LogP contribution >= 0.6 is 0 Å². The molecule has 14 heteroatoms. The molecule has 2 rings (SSSR count). The van der Waals surface area contributed by atoms with Crippen molar-refractivity contribution >= 4 is 23.9 Å². The van der Waals surface area contributed by atoms with Crippen LogP contribution in [0.25, 0.3) is 0 Å². The molecular weight excluding hydrogens is 518 g/mol. The number of benzene rings is 2. The molecule has 2 aromatic rings. The zero-order valence-corrected chi connectivity index (χ0v) is 19.0. The fourth-order valence-electron chi connectivity index (χ4n) is 3.67. The van der Waals surface area contributed by atoms with Gasteiger partial charge in [0.1, 0.15) is 0 Å². The normalized spacial score (nSPS) is 12.1. The Morgan fingerprint density at radius 1 is 0.649 bits per heavy atom. The van der Waals surface area contributed by atoms with E-state index in [-0.39, 0.29) is 37.5 Å². The van der Waals surface area contributed by atoms with E-state index in [2.05, 4.69) is 9.47 Å². The van der Waals surface area contributed by atoms with Crippen molar-refractivity contribution in [3.63, 3.8) is 0 Å². The van der Waals surface area contributed by atoms with Crippen LogP contribution in [0, 0.1) is 0 Å². The van der Waals surface area contributed by atoms with E-state index in [1.165, 1.54) is 13.8 Å². The average molecular weight is 536 g/mol. The van der Waals surface area contributed by atoms with Crippen LogP contribution in [0.5, 0.6) is 0 Å². The van der Waals surface area contributed by atoms with E-state index in [0.717, 1.165) is 0 Å². The lowest BCUT2D eigenvalue weighted by atomic mass is 9.71. The Bertz CT molecular complexity index is 1220. The quantitative estimate of drug-likeness (QED) is 0.362. The van der Waals surface area contributed by atoms with Crippen molar-refractivity contribution in [3.8, 4) is 0 Å². The highest BCUT2D eigenvalue weighted by molar-refractivity contribution is 6.03. The van der Waals surface area contributed by atoms with E-state index in [1.54, 1.807) is 0 Å². The molecule has 200 valence electrons. The van der Waals surface area contributed by atoms with E-state index >= 15 is 0 Å². The van der Waals surface area contributed by atoms with Crippen molar-refractivity contribution in [1.29, 1.82) is 0 Å². The number of carboxylic acid groups (broad SMARTS) is 2. The smallest absolute Gasteiger partial charge is 0.411 e. The van der Waals surface area contributed by atoms with Crippen molar-refractivity contribution in [1.82, 2.24) is 0 Å². The monoisotopic (exact) mass is 536 g/mol. The average Bonchev–Trinajstić information content (AvgIpc) is 2.77. The van der Waals surface area contributed by atoms with Gasteiger partial charge in [-0.2, -0.15) is 26.3 Å². The van der Waals surface area contributed by atoms with E-state index in [0.29, 0.717) is 12.1 Å². The third-order valence-electron chi connectivity index (χ3n) is 5.21. The van der Waals surface area contributed by atoms with Crippen LogP contribution < -0.4 is 0 Å². The lowest BCUT2D eigenvalue weighted by Crippen LogP contribution is -2.55. The molecule has 0 aliphatic rings. The van der Waals surface area contributed by atoms with Crippen LogP contribution in [0.4, 0.5) is 26.3 Å². The summed E-state index contributed by atoms with van der Waals surface area (Å²) in [6, 6.07) is 1.41. The van der Waals surface area contributed by atoms with Crippen molar-refractivity contribution in [2.45, 2.75) is 31.6 Å². The Morgan fingerprint density at radius 2 is 1.03 bits per heavy atom. The van der Waals surface area contributed by atoms with Gasteiger partial charge in [0.2, 0.25) is 5.41 Å². The summed E-state index contributed by atoms with van der Waals surface area (Å²) in [4.78, 5) is 47.4. The summed E-state index contributed by atoms with van der Waals surface area (Å²) >= 11 is 0. The first-order chi connectivity index (χ1) is 17.0. The molecule has 0 aliphatic heterocycles. The van der Waals surface area contributed by atoms with Gasteiger partial charge in [-0.25, -0.2) is 19.2 Å². The molecule has 0 unspecified atom stereocenters. The molecule has 0 aromatic heterocycles. The number of alkyl halides is 6. The summed E-state index contributed by atoms with van der Waals surface area (Å²) in [6.07, 6.45) is -12.4. The second kappa shape index (κ2) is 10.5. The Labute approximate surface area is 204 Å². The molecule has 0 aliphatic carbocycles. The molecule has 0 atom stereocenters. The molecular formula is C23H18F6O8. The molecule has 0 saturated heterocycles. The second-order valence-corrected chi connectivity index (χ2v) is 7.32. The number of rotatable bonds is 8. The largest absolute Gasteiger partial charge is 0.478 e. The molecule has 2 aromatic carbocycles. The van der Waals surface area contributed by atoms with Gasteiger partial charge in [-0.3, -0.25) is 0 Å². The standard InChI is InChI=1S/C23H18F6O8/c1-3-36-19(34)14-8-6-11(9-15(14)18(32)33)21(22(24,25)26,23(27,28)29)12-5-7-13(17(30)31)16(10-12)20(35)37-4-2/h5-10H,3-4H2,1-2H3,(H,30,31)(H,32,33). The topological polar surface area (TPSA) is 127 Å². The number of hydrogen-bond acceptors (Lipinski definition) is 6. The van der Waals surface area contributed by atoms with Crippen LogP contribution in [0.1, 0.15) is 66.4 Å². The third kappa shape index (κ3) is 5.22. The van der Waals surface area contributed by atoms with Crippen molar-refractivity contribution < 1.29 is 65.2 Å². The van der Waals surface area contributed by atoms with Gasteiger partial charge in [0.15, 0.2) is 0 Å². The predicted molar refractivity (Wildman–Crippen MR) is 112 cm³/mol. The molecule has 0 bridgehead atoms. The Kier molecular flexibility index (Phi) is 8.25. The number of aromatic carboxylic acids is 2. The number of carbonyl (C=O) groups is 4. The van der Waals surface area contributed by atoms with Gasteiger partial charge in [0.05, 0.1) is 35.5 Å². The highest BCUT2D eigenvalue weighted by Crippen LogP contribution is 2.56. The zero-order chi connectivity index (χ0) is 28.3. The van der Waals surface area contributed by atoms with Gasteiger partial charge in [-0.1, -0.05) is 12.1 Å². The zero-order valence-electron chi connectivity index (χ0n) is 19.0.